The van der Waals surface area contributed by atoms with Gasteiger partial charge in [0.2, 0.25) is 0 Å². The molecule has 0 bridgehead atoms. The number of H-pyrrole nitrogens is 1. The molecule has 16 heavy (non-hydrogen) atoms. The van der Waals surface area contributed by atoms with Gasteiger partial charge in [0.25, 0.3) is 0 Å². The molecular weight excluding hydrogens is 198 g/mol. The Labute approximate surface area is 94.3 Å². The molecule has 1 aliphatic carbocycles. The predicted molar refractivity (Wildman–Crippen MR) is 63.6 cm³/mol. The molecule has 1 aromatic carbocycles. The van der Waals surface area contributed by atoms with E-state index in [9.17, 15) is 4.79 Å². The topological polar surface area (TPSA) is 32.9 Å². The Balaban J connectivity index is 2.03. The second-order valence-electron chi connectivity index (χ2n) is 4.28. The summed E-state index contributed by atoms with van der Waals surface area (Å²) in [6.07, 6.45) is 4.50. The second-order valence-corrected chi connectivity index (χ2v) is 4.28. The fraction of sp³-hybridized carbons (Fsp3) is 0.214. The van der Waals surface area contributed by atoms with Crippen LogP contribution in [0, 0.1) is 0 Å². The van der Waals surface area contributed by atoms with Crippen LogP contribution in [0.25, 0.3) is 11.3 Å². The number of hydrogen-bond acceptors (Lipinski definition) is 1. The molecule has 0 radical (unpaired) electrons. The van der Waals surface area contributed by atoms with Gasteiger partial charge in [-0.1, -0.05) is 12.1 Å². The van der Waals surface area contributed by atoms with Crippen LogP contribution in [0.15, 0.2) is 30.3 Å². The van der Waals surface area contributed by atoms with Crippen molar-refractivity contribution in [2.24, 2.45) is 0 Å². The highest BCUT2D eigenvalue weighted by atomic mass is 16.1. The maximum absolute atomic E-state index is 10.6. The van der Waals surface area contributed by atoms with E-state index < -0.39 is 0 Å². The lowest BCUT2D eigenvalue weighted by molar-refractivity contribution is 0.111. The number of aryl methyl sites for hydroxylation is 2. The highest BCUT2D eigenvalue weighted by Crippen LogP contribution is 2.27. The standard InChI is InChI=1S/C14H13NO/c16-9-13-6-7-14(15-13)12-5-4-10-2-1-3-11(10)8-12/h4-9,15H,1-3H2. The number of rotatable bonds is 2. The Kier molecular flexibility index (Phi) is 2.13. The van der Waals surface area contributed by atoms with Crippen molar-refractivity contribution in [2.75, 3.05) is 0 Å². The molecule has 0 aliphatic heterocycles. The first kappa shape index (κ1) is 9.40. The van der Waals surface area contributed by atoms with Crippen LogP contribution in [0.5, 0.6) is 0 Å². The molecule has 2 nitrogen and oxygen atoms in total. The number of aromatic nitrogens is 1. The Hall–Kier alpha value is -1.83. The van der Waals surface area contributed by atoms with Gasteiger partial charge in [-0.3, -0.25) is 4.79 Å². The third-order valence-corrected chi connectivity index (χ3v) is 3.25. The van der Waals surface area contributed by atoms with Crippen LogP contribution in [-0.2, 0) is 12.8 Å². The molecule has 1 N–H and O–H groups in total. The minimum absolute atomic E-state index is 0.635. The van der Waals surface area contributed by atoms with Gasteiger partial charge in [-0.15, -0.1) is 0 Å². The summed E-state index contributed by atoms with van der Waals surface area (Å²) in [5.41, 5.74) is 5.77. The maximum atomic E-state index is 10.6. The summed E-state index contributed by atoms with van der Waals surface area (Å²) in [7, 11) is 0. The van der Waals surface area contributed by atoms with E-state index in [2.05, 4.69) is 23.2 Å². The molecule has 0 amide bonds. The number of fused-ring (bicyclic) bond motifs is 1. The molecule has 0 spiro atoms. The fourth-order valence-corrected chi connectivity index (χ4v) is 2.39. The van der Waals surface area contributed by atoms with E-state index >= 15 is 0 Å². The molecule has 0 saturated carbocycles. The van der Waals surface area contributed by atoms with Crippen LogP contribution in [-0.4, -0.2) is 11.3 Å². The lowest BCUT2D eigenvalue weighted by Crippen LogP contribution is -1.85. The van der Waals surface area contributed by atoms with Gasteiger partial charge in [0.15, 0.2) is 6.29 Å². The molecule has 0 unspecified atom stereocenters. The molecule has 1 aromatic heterocycles. The van der Waals surface area contributed by atoms with E-state index in [0.29, 0.717) is 5.69 Å². The van der Waals surface area contributed by atoms with Crippen molar-refractivity contribution >= 4 is 6.29 Å². The van der Waals surface area contributed by atoms with Gasteiger partial charge in [0.1, 0.15) is 0 Å². The van der Waals surface area contributed by atoms with Gasteiger partial charge in [-0.25, -0.2) is 0 Å². The molecule has 80 valence electrons. The first-order valence-electron chi connectivity index (χ1n) is 5.63. The van der Waals surface area contributed by atoms with E-state index in [1.165, 1.54) is 36.0 Å². The van der Waals surface area contributed by atoms with E-state index in [4.69, 9.17) is 0 Å². The van der Waals surface area contributed by atoms with Crippen molar-refractivity contribution in [1.82, 2.24) is 4.98 Å². The maximum Gasteiger partial charge on any atom is 0.166 e. The molecule has 0 atom stereocenters. The largest absolute Gasteiger partial charge is 0.352 e. The third-order valence-electron chi connectivity index (χ3n) is 3.25. The first-order valence-corrected chi connectivity index (χ1v) is 5.63. The highest BCUT2D eigenvalue weighted by Gasteiger charge is 2.11. The Morgan fingerprint density at radius 2 is 1.94 bits per heavy atom. The van der Waals surface area contributed by atoms with E-state index in [1.807, 2.05) is 12.1 Å². The fourth-order valence-electron chi connectivity index (χ4n) is 2.39. The first-order chi connectivity index (χ1) is 7.86. The molecule has 1 aliphatic rings. The van der Waals surface area contributed by atoms with Crippen molar-refractivity contribution in [1.29, 1.82) is 0 Å². The van der Waals surface area contributed by atoms with Gasteiger partial charge >= 0.3 is 0 Å². The number of benzene rings is 1. The molecule has 3 rings (SSSR count). The zero-order valence-corrected chi connectivity index (χ0v) is 8.99. The summed E-state index contributed by atoms with van der Waals surface area (Å²) in [6.45, 7) is 0. The van der Waals surface area contributed by atoms with Gasteiger partial charge in [-0.2, -0.15) is 0 Å². The summed E-state index contributed by atoms with van der Waals surface area (Å²) in [4.78, 5) is 13.7. The predicted octanol–water partition coefficient (Wildman–Crippen LogP) is 2.98. The van der Waals surface area contributed by atoms with Gasteiger partial charge in [0, 0.05) is 5.69 Å². The van der Waals surface area contributed by atoms with Crippen molar-refractivity contribution in [2.45, 2.75) is 19.3 Å². The number of carbonyl (C=O) groups excluding carboxylic acids is 1. The van der Waals surface area contributed by atoms with E-state index in [1.54, 1.807) is 0 Å². The summed E-state index contributed by atoms with van der Waals surface area (Å²) < 4.78 is 0. The smallest absolute Gasteiger partial charge is 0.166 e. The SMILES string of the molecule is O=Cc1ccc(-c2ccc3c(c2)CCC3)[nH]1. The van der Waals surface area contributed by atoms with Crippen molar-refractivity contribution in [3.05, 3.63) is 47.2 Å². The number of aromatic amines is 1. The number of hydrogen-bond donors (Lipinski definition) is 1. The summed E-state index contributed by atoms with van der Waals surface area (Å²) in [5, 5.41) is 0. The summed E-state index contributed by atoms with van der Waals surface area (Å²) >= 11 is 0. The zero-order valence-electron chi connectivity index (χ0n) is 8.99. The van der Waals surface area contributed by atoms with Crippen molar-refractivity contribution in [3.8, 4) is 11.3 Å². The molecule has 1 heterocycles. The number of nitrogens with one attached hydrogen (secondary N) is 1. The van der Waals surface area contributed by atoms with Crippen molar-refractivity contribution in [3.63, 3.8) is 0 Å². The summed E-state index contributed by atoms with van der Waals surface area (Å²) in [5.74, 6) is 0. The Morgan fingerprint density at radius 1 is 1.06 bits per heavy atom. The minimum atomic E-state index is 0.635. The van der Waals surface area contributed by atoms with Crippen LogP contribution >= 0.6 is 0 Å². The van der Waals surface area contributed by atoms with Crippen LogP contribution < -0.4 is 0 Å². The third kappa shape index (κ3) is 1.47. The molecule has 2 heteroatoms. The Bertz CT molecular complexity index is 539. The van der Waals surface area contributed by atoms with Gasteiger partial charge in [0.05, 0.1) is 5.69 Å². The number of aldehydes is 1. The lowest BCUT2D eigenvalue weighted by atomic mass is 10.0. The molecule has 2 aromatic rings. The molecular formula is C14H13NO. The normalized spacial score (nSPS) is 13.8. The lowest BCUT2D eigenvalue weighted by Gasteiger charge is -2.02. The molecule has 0 saturated heterocycles. The number of carbonyl (C=O) groups is 1. The monoisotopic (exact) mass is 211 g/mol. The van der Waals surface area contributed by atoms with Crippen LogP contribution in [0.3, 0.4) is 0 Å². The van der Waals surface area contributed by atoms with Gasteiger partial charge in [-0.05, 0) is 54.2 Å². The second kappa shape index (κ2) is 3.63. The van der Waals surface area contributed by atoms with Crippen LogP contribution in [0.4, 0.5) is 0 Å². The molecule has 0 fully saturated rings. The average Bonchev–Trinajstić information content (AvgIpc) is 2.96. The quantitative estimate of drug-likeness (QED) is 0.761. The minimum Gasteiger partial charge on any atom is -0.352 e. The van der Waals surface area contributed by atoms with Crippen molar-refractivity contribution < 1.29 is 4.79 Å². The van der Waals surface area contributed by atoms with E-state index in [0.717, 1.165) is 12.0 Å². The van der Waals surface area contributed by atoms with Gasteiger partial charge < -0.3 is 4.98 Å². The summed E-state index contributed by atoms with van der Waals surface area (Å²) in [6, 6.07) is 10.3. The van der Waals surface area contributed by atoms with Crippen LogP contribution in [0.2, 0.25) is 0 Å². The zero-order chi connectivity index (χ0) is 11.0. The Morgan fingerprint density at radius 3 is 2.75 bits per heavy atom. The highest BCUT2D eigenvalue weighted by molar-refractivity contribution is 5.75. The van der Waals surface area contributed by atoms with E-state index in [-0.39, 0.29) is 0 Å². The van der Waals surface area contributed by atoms with Crippen LogP contribution in [0.1, 0.15) is 28.0 Å². The average molecular weight is 211 g/mol.